The Morgan fingerprint density at radius 2 is 1.90 bits per heavy atom. The maximum atomic E-state index is 9.75. The monoisotopic (exact) mass is 144 g/mol. The molecule has 0 N–H and O–H groups in total. The van der Waals surface area contributed by atoms with Gasteiger partial charge in [0.2, 0.25) is 0 Å². The fourth-order valence-electron chi connectivity index (χ4n) is 0.117. The molecule has 0 aliphatic carbocycles. The molecule has 0 saturated carbocycles. The summed E-state index contributed by atoms with van der Waals surface area (Å²) in [6.07, 6.45) is 3.74. The Balaban J connectivity index is 0. The van der Waals surface area contributed by atoms with Crippen LogP contribution in [0, 0.1) is 0 Å². The van der Waals surface area contributed by atoms with Crippen LogP contribution in [0.4, 0.5) is 0 Å². The summed E-state index contributed by atoms with van der Waals surface area (Å²) in [6.45, 7) is 8.84. The summed E-state index contributed by atoms with van der Waals surface area (Å²) in [5.41, 5.74) is 0. The molecular weight excluding hydrogens is 128 g/mol. The lowest BCUT2D eigenvalue weighted by Crippen LogP contribution is -1.87. The number of esters is 1. The molecule has 0 spiro atoms. The van der Waals surface area contributed by atoms with Crippen LogP contribution in [0.2, 0.25) is 0 Å². The molecule has 0 aliphatic heterocycles. The van der Waals surface area contributed by atoms with E-state index in [-0.39, 0.29) is 5.97 Å². The molecule has 0 aromatic carbocycles. The summed E-state index contributed by atoms with van der Waals surface area (Å²) in [4.78, 5) is 9.75. The number of ether oxygens (including phenoxy) is 1. The van der Waals surface area contributed by atoms with Gasteiger partial charge in [-0.15, -0.1) is 0 Å². The molecule has 0 atom stereocenters. The van der Waals surface area contributed by atoms with Crippen LogP contribution in [0.1, 0.15) is 33.6 Å². The van der Waals surface area contributed by atoms with Crippen molar-refractivity contribution in [2.24, 2.45) is 0 Å². The van der Waals surface area contributed by atoms with Gasteiger partial charge in [0.25, 0.3) is 0 Å². The smallest absolute Gasteiger partial charge is 0.307 e. The van der Waals surface area contributed by atoms with Crippen molar-refractivity contribution in [3.63, 3.8) is 0 Å². The van der Waals surface area contributed by atoms with E-state index in [9.17, 15) is 4.79 Å². The van der Waals surface area contributed by atoms with Crippen LogP contribution in [0.15, 0.2) is 12.8 Å². The number of carbonyl (C=O) groups is 1. The van der Waals surface area contributed by atoms with Crippen molar-refractivity contribution in [1.29, 1.82) is 0 Å². The molecule has 0 rings (SSSR count). The van der Waals surface area contributed by atoms with Crippen molar-refractivity contribution in [1.82, 2.24) is 0 Å². The first-order chi connectivity index (χ1) is 4.68. The Bertz CT molecular complexity index is 85.3. The van der Waals surface area contributed by atoms with Crippen molar-refractivity contribution >= 4 is 5.97 Å². The normalized spacial score (nSPS) is 7.10. The largest absolute Gasteiger partial charge is 0.435 e. The summed E-state index contributed by atoms with van der Waals surface area (Å²) >= 11 is 0. The van der Waals surface area contributed by atoms with Crippen LogP contribution in [0.5, 0.6) is 0 Å². The van der Waals surface area contributed by atoms with E-state index in [1.165, 1.54) is 19.8 Å². The Hall–Kier alpha value is -0.790. The molecule has 0 amide bonds. The zero-order chi connectivity index (χ0) is 8.41. The van der Waals surface area contributed by atoms with Gasteiger partial charge in [-0.25, -0.2) is 0 Å². The highest BCUT2D eigenvalue weighted by Crippen LogP contribution is 1.76. The van der Waals surface area contributed by atoms with Crippen molar-refractivity contribution in [2.75, 3.05) is 0 Å². The second kappa shape index (κ2) is 11.1. The molecular formula is C8H16O2. The van der Waals surface area contributed by atoms with E-state index in [1.807, 2.05) is 0 Å². The predicted molar refractivity (Wildman–Crippen MR) is 42.5 cm³/mol. The molecule has 0 bridgehead atoms. The van der Waals surface area contributed by atoms with Crippen molar-refractivity contribution in [3.8, 4) is 0 Å². The van der Waals surface area contributed by atoms with Gasteiger partial charge >= 0.3 is 5.97 Å². The standard InChI is InChI=1S/C4H6O2.C4H10/c1-3-6-4(2)5;1-3-4-2/h3H,1H2,2H3;3-4H2,1-2H3. The molecule has 0 unspecified atom stereocenters. The third-order valence-corrected chi connectivity index (χ3v) is 0.749. The van der Waals surface area contributed by atoms with Gasteiger partial charge in [0.15, 0.2) is 0 Å². The fourth-order valence-corrected chi connectivity index (χ4v) is 0.117. The summed E-state index contributed by atoms with van der Waals surface area (Å²) < 4.78 is 4.17. The SMILES string of the molecule is C=COC(C)=O.CCCC. The lowest BCUT2D eigenvalue weighted by Gasteiger charge is -1.83. The number of rotatable bonds is 2. The first kappa shape index (κ1) is 11.9. The summed E-state index contributed by atoms with van der Waals surface area (Å²) in [7, 11) is 0. The van der Waals surface area contributed by atoms with Crippen LogP contribution < -0.4 is 0 Å². The van der Waals surface area contributed by atoms with E-state index in [1.54, 1.807) is 0 Å². The van der Waals surface area contributed by atoms with Crippen LogP contribution in [0.3, 0.4) is 0 Å². The molecule has 0 saturated heterocycles. The van der Waals surface area contributed by atoms with Crippen molar-refractivity contribution in [2.45, 2.75) is 33.6 Å². The lowest BCUT2D eigenvalue weighted by atomic mass is 10.4. The van der Waals surface area contributed by atoms with Crippen molar-refractivity contribution in [3.05, 3.63) is 12.8 Å². The Morgan fingerprint density at radius 3 is 1.90 bits per heavy atom. The third-order valence-electron chi connectivity index (χ3n) is 0.749. The van der Waals surface area contributed by atoms with Gasteiger partial charge in [-0.3, -0.25) is 4.79 Å². The average molecular weight is 144 g/mol. The maximum absolute atomic E-state index is 9.75. The fraction of sp³-hybridized carbons (Fsp3) is 0.625. The van der Waals surface area contributed by atoms with E-state index in [0.29, 0.717) is 0 Å². The molecule has 2 heteroatoms. The number of hydrogen-bond donors (Lipinski definition) is 0. The highest BCUT2D eigenvalue weighted by atomic mass is 16.5. The van der Waals surface area contributed by atoms with E-state index < -0.39 is 0 Å². The molecule has 0 aromatic heterocycles. The van der Waals surface area contributed by atoms with Gasteiger partial charge in [-0.05, 0) is 0 Å². The Kier molecular flexibility index (Phi) is 13.2. The summed E-state index contributed by atoms with van der Waals surface area (Å²) in [6, 6.07) is 0. The highest BCUT2D eigenvalue weighted by molar-refractivity contribution is 5.66. The van der Waals surface area contributed by atoms with Gasteiger partial charge in [0.05, 0.1) is 6.26 Å². The minimum atomic E-state index is -0.329. The number of carbonyl (C=O) groups excluding carboxylic acids is 1. The Labute approximate surface area is 62.9 Å². The number of hydrogen-bond acceptors (Lipinski definition) is 2. The van der Waals surface area contributed by atoms with E-state index >= 15 is 0 Å². The molecule has 2 nitrogen and oxygen atoms in total. The van der Waals surface area contributed by atoms with E-state index in [4.69, 9.17) is 0 Å². The van der Waals surface area contributed by atoms with Gasteiger partial charge < -0.3 is 4.74 Å². The minimum Gasteiger partial charge on any atom is -0.435 e. The van der Waals surface area contributed by atoms with Crippen LogP contribution >= 0.6 is 0 Å². The molecule has 10 heavy (non-hydrogen) atoms. The van der Waals surface area contributed by atoms with Crippen LogP contribution in [0.25, 0.3) is 0 Å². The average Bonchev–Trinajstić information content (AvgIpc) is 1.89. The zero-order valence-electron chi connectivity index (χ0n) is 7.02. The molecule has 0 radical (unpaired) electrons. The number of unbranched alkanes of at least 4 members (excludes halogenated alkanes) is 1. The first-order valence-corrected chi connectivity index (χ1v) is 3.47. The lowest BCUT2D eigenvalue weighted by molar-refractivity contribution is -0.135. The topological polar surface area (TPSA) is 26.3 Å². The first-order valence-electron chi connectivity index (χ1n) is 3.47. The third kappa shape index (κ3) is 27.0. The second-order valence-electron chi connectivity index (χ2n) is 1.78. The van der Waals surface area contributed by atoms with Crippen molar-refractivity contribution < 1.29 is 9.53 Å². The second-order valence-corrected chi connectivity index (χ2v) is 1.78. The highest BCUT2D eigenvalue weighted by Gasteiger charge is 1.79. The predicted octanol–water partition coefficient (Wildman–Crippen LogP) is 2.50. The Morgan fingerprint density at radius 1 is 1.50 bits per heavy atom. The molecule has 0 fully saturated rings. The quantitative estimate of drug-likeness (QED) is 0.439. The molecule has 0 aromatic rings. The maximum Gasteiger partial charge on any atom is 0.307 e. The van der Waals surface area contributed by atoms with E-state index in [0.717, 1.165) is 6.26 Å². The molecule has 0 aliphatic rings. The summed E-state index contributed by atoms with van der Waals surface area (Å²) in [5, 5.41) is 0. The molecule has 0 heterocycles. The van der Waals surface area contributed by atoms with Gasteiger partial charge in [-0.2, -0.15) is 0 Å². The van der Waals surface area contributed by atoms with Crippen LogP contribution in [-0.4, -0.2) is 5.97 Å². The van der Waals surface area contributed by atoms with Gasteiger partial charge in [-0.1, -0.05) is 33.3 Å². The van der Waals surface area contributed by atoms with Gasteiger partial charge in [0.1, 0.15) is 0 Å². The van der Waals surface area contributed by atoms with Crippen LogP contribution in [-0.2, 0) is 9.53 Å². The van der Waals surface area contributed by atoms with E-state index in [2.05, 4.69) is 25.2 Å². The minimum absolute atomic E-state index is 0.329. The summed E-state index contributed by atoms with van der Waals surface area (Å²) in [5.74, 6) is -0.329. The molecule has 60 valence electrons. The van der Waals surface area contributed by atoms with Gasteiger partial charge in [0, 0.05) is 6.92 Å². The zero-order valence-corrected chi connectivity index (χ0v) is 7.02.